The van der Waals surface area contributed by atoms with Gasteiger partial charge in [-0.3, -0.25) is 0 Å². The van der Waals surface area contributed by atoms with E-state index in [1.165, 1.54) is 18.4 Å². The van der Waals surface area contributed by atoms with Crippen LogP contribution in [0.2, 0.25) is 0 Å². The molecule has 9 heavy (non-hydrogen) atoms. The third-order valence-electron chi connectivity index (χ3n) is 1.41. The van der Waals surface area contributed by atoms with Crippen LogP contribution in [0, 0.1) is 0 Å². The van der Waals surface area contributed by atoms with Gasteiger partial charge in [0.2, 0.25) is 0 Å². The topological polar surface area (TPSA) is 0 Å². The van der Waals surface area contributed by atoms with Crippen molar-refractivity contribution in [2.45, 2.75) is 19.8 Å². The molecule has 0 bridgehead atoms. The largest absolute Gasteiger partial charge is 0.0842 e. The minimum atomic E-state index is 1.18. The Kier molecular flexibility index (Phi) is 2.32. The summed E-state index contributed by atoms with van der Waals surface area (Å²) in [7, 11) is 0. The Labute approximate surface area is 56.6 Å². The summed E-state index contributed by atoms with van der Waals surface area (Å²) in [5.74, 6) is 0. The standard InChI is InChI=1S/C9H12/c1-9-7-5-3-2-4-6-8-9/h2-3,5,7-8H,4,6H2,1H3/b3-2+,7-5-,9-8-. The first-order chi connectivity index (χ1) is 4.39. The molecule has 0 saturated heterocycles. The Morgan fingerprint density at radius 3 is 3.00 bits per heavy atom. The third kappa shape index (κ3) is 2.31. The van der Waals surface area contributed by atoms with Gasteiger partial charge in [0.25, 0.3) is 0 Å². The SMILES string of the molecule is CC1=C/CC/C=C/C=C\1. The highest BCUT2D eigenvalue weighted by molar-refractivity contribution is 5.21. The summed E-state index contributed by atoms with van der Waals surface area (Å²) in [6, 6.07) is 0. The average Bonchev–Trinajstić information content (AvgIpc) is 1.79. The summed E-state index contributed by atoms with van der Waals surface area (Å²) < 4.78 is 0. The number of hydrogen-bond donors (Lipinski definition) is 0. The van der Waals surface area contributed by atoms with Crippen molar-refractivity contribution in [1.29, 1.82) is 0 Å². The maximum absolute atomic E-state index is 2.26. The summed E-state index contributed by atoms with van der Waals surface area (Å²) in [4.78, 5) is 0. The van der Waals surface area contributed by atoms with E-state index in [2.05, 4.69) is 37.3 Å². The monoisotopic (exact) mass is 120 g/mol. The first kappa shape index (κ1) is 6.34. The Balaban J connectivity index is 2.64. The molecule has 0 heteroatoms. The average molecular weight is 120 g/mol. The molecule has 0 unspecified atom stereocenters. The molecule has 1 aliphatic rings. The smallest absolute Gasteiger partial charge is 0.0310 e. The highest BCUT2D eigenvalue weighted by atomic mass is 13.9. The van der Waals surface area contributed by atoms with Crippen molar-refractivity contribution in [3.63, 3.8) is 0 Å². The van der Waals surface area contributed by atoms with Gasteiger partial charge in [0.1, 0.15) is 0 Å². The molecule has 0 aromatic rings. The molecule has 0 saturated carbocycles. The van der Waals surface area contributed by atoms with E-state index < -0.39 is 0 Å². The molecule has 0 amide bonds. The summed E-state index contributed by atoms with van der Waals surface area (Å²) in [6.45, 7) is 2.13. The fraction of sp³-hybridized carbons (Fsp3) is 0.333. The van der Waals surface area contributed by atoms with E-state index >= 15 is 0 Å². The molecule has 0 heterocycles. The van der Waals surface area contributed by atoms with Crippen molar-refractivity contribution in [2.24, 2.45) is 0 Å². The van der Waals surface area contributed by atoms with Gasteiger partial charge in [0.05, 0.1) is 0 Å². The lowest BCUT2D eigenvalue weighted by molar-refractivity contribution is 1.04. The minimum absolute atomic E-state index is 1.18. The van der Waals surface area contributed by atoms with E-state index in [4.69, 9.17) is 0 Å². The summed E-state index contributed by atoms with van der Waals surface area (Å²) in [5.41, 5.74) is 1.37. The lowest BCUT2D eigenvalue weighted by atomic mass is 10.1. The summed E-state index contributed by atoms with van der Waals surface area (Å²) in [5, 5.41) is 0. The molecule has 1 aliphatic carbocycles. The summed E-state index contributed by atoms with van der Waals surface area (Å²) >= 11 is 0. The van der Waals surface area contributed by atoms with Gasteiger partial charge in [0.15, 0.2) is 0 Å². The second-order valence-corrected chi connectivity index (χ2v) is 2.31. The Morgan fingerprint density at radius 2 is 2.11 bits per heavy atom. The Morgan fingerprint density at radius 1 is 1.22 bits per heavy atom. The molecule has 0 N–H and O–H groups in total. The molecule has 0 fully saturated rings. The molecular formula is C9H12. The van der Waals surface area contributed by atoms with Crippen LogP contribution in [0.4, 0.5) is 0 Å². The van der Waals surface area contributed by atoms with Crippen LogP contribution in [0.3, 0.4) is 0 Å². The van der Waals surface area contributed by atoms with E-state index in [1.807, 2.05) is 0 Å². The predicted octanol–water partition coefficient (Wildman–Crippen LogP) is 2.84. The van der Waals surface area contributed by atoms with Crippen LogP contribution in [0.5, 0.6) is 0 Å². The second kappa shape index (κ2) is 3.29. The van der Waals surface area contributed by atoms with Crippen molar-refractivity contribution >= 4 is 0 Å². The van der Waals surface area contributed by atoms with Crippen molar-refractivity contribution in [3.8, 4) is 0 Å². The maximum Gasteiger partial charge on any atom is -0.0310 e. The van der Waals surface area contributed by atoms with Gasteiger partial charge in [-0.05, 0) is 19.8 Å². The molecule has 0 nitrogen and oxygen atoms in total. The van der Waals surface area contributed by atoms with E-state index in [0.717, 1.165) is 0 Å². The van der Waals surface area contributed by atoms with E-state index in [0.29, 0.717) is 0 Å². The number of rotatable bonds is 0. The van der Waals surface area contributed by atoms with Crippen molar-refractivity contribution in [2.75, 3.05) is 0 Å². The molecule has 0 aromatic heterocycles. The fourth-order valence-electron chi connectivity index (χ4n) is 0.857. The zero-order chi connectivity index (χ0) is 6.53. The first-order valence-electron chi connectivity index (χ1n) is 3.39. The van der Waals surface area contributed by atoms with Gasteiger partial charge in [-0.2, -0.15) is 0 Å². The predicted molar refractivity (Wildman–Crippen MR) is 41.3 cm³/mol. The van der Waals surface area contributed by atoms with Gasteiger partial charge < -0.3 is 0 Å². The molecule has 0 aromatic carbocycles. The highest BCUT2D eigenvalue weighted by Crippen LogP contribution is 2.03. The quantitative estimate of drug-likeness (QED) is 0.461. The van der Waals surface area contributed by atoms with E-state index in [9.17, 15) is 0 Å². The molecule has 1 rings (SSSR count). The molecule has 0 atom stereocenters. The van der Waals surface area contributed by atoms with E-state index in [1.54, 1.807) is 0 Å². The van der Waals surface area contributed by atoms with Crippen LogP contribution >= 0.6 is 0 Å². The van der Waals surface area contributed by atoms with E-state index in [-0.39, 0.29) is 0 Å². The zero-order valence-electron chi connectivity index (χ0n) is 5.80. The van der Waals surface area contributed by atoms with Crippen LogP contribution in [-0.2, 0) is 0 Å². The van der Waals surface area contributed by atoms with Gasteiger partial charge in [-0.25, -0.2) is 0 Å². The Bertz CT molecular complexity index is 159. The van der Waals surface area contributed by atoms with Crippen molar-refractivity contribution in [1.82, 2.24) is 0 Å². The normalized spacial score (nSPS) is 31.4. The first-order valence-corrected chi connectivity index (χ1v) is 3.39. The third-order valence-corrected chi connectivity index (χ3v) is 1.41. The number of allylic oxidation sites excluding steroid dienone is 6. The van der Waals surface area contributed by atoms with Crippen LogP contribution in [-0.4, -0.2) is 0 Å². The molecule has 0 aliphatic heterocycles. The van der Waals surface area contributed by atoms with Crippen LogP contribution in [0.25, 0.3) is 0 Å². The second-order valence-electron chi connectivity index (χ2n) is 2.31. The van der Waals surface area contributed by atoms with Crippen molar-refractivity contribution in [3.05, 3.63) is 36.0 Å². The highest BCUT2D eigenvalue weighted by Gasteiger charge is 1.83. The Hall–Kier alpha value is -0.780. The molecule has 0 spiro atoms. The zero-order valence-corrected chi connectivity index (χ0v) is 5.80. The van der Waals surface area contributed by atoms with Crippen LogP contribution in [0.1, 0.15) is 19.8 Å². The lowest BCUT2D eigenvalue weighted by Crippen LogP contribution is -1.73. The minimum Gasteiger partial charge on any atom is -0.0842 e. The van der Waals surface area contributed by atoms with Gasteiger partial charge in [-0.15, -0.1) is 0 Å². The fourth-order valence-corrected chi connectivity index (χ4v) is 0.857. The van der Waals surface area contributed by atoms with Gasteiger partial charge in [0, 0.05) is 0 Å². The molecule has 48 valence electrons. The lowest BCUT2D eigenvalue weighted by Gasteiger charge is -1.93. The van der Waals surface area contributed by atoms with Crippen LogP contribution in [0.15, 0.2) is 36.0 Å². The maximum atomic E-state index is 2.26. The number of hydrogen-bond acceptors (Lipinski definition) is 0. The van der Waals surface area contributed by atoms with Crippen LogP contribution < -0.4 is 0 Å². The summed E-state index contributed by atoms with van der Waals surface area (Å²) in [6.07, 6.45) is 13.2. The van der Waals surface area contributed by atoms with Crippen molar-refractivity contribution < 1.29 is 0 Å². The van der Waals surface area contributed by atoms with Gasteiger partial charge in [-0.1, -0.05) is 36.0 Å². The molecule has 0 radical (unpaired) electrons. The van der Waals surface area contributed by atoms with Gasteiger partial charge >= 0.3 is 0 Å². The molecular weight excluding hydrogens is 108 g/mol.